The van der Waals surface area contributed by atoms with Crippen LogP contribution in [0.5, 0.6) is 0 Å². The molecular weight excluding hydrogens is 343 g/mol. The molecule has 2 aromatic rings. The van der Waals surface area contributed by atoms with Crippen LogP contribution in [0.1, 0.15) is 36.7 Å². The van der Waals surface area contributed by atoms with Gasteiger partial charge in [0.15, 0.2) is 0 Å². The number of hydrogen-bond donors (Lipinski definition) is 2. The minimum Gasteiger partial charge on any atom is -0.322 e. The van der Waals surface area contributed by atoms with E-state index >= 15 is 0 Å². The molecule has 0 fully saturated rings. The summed E-state index contributed by atoms with van der Waals surface area (Å²) in [5, 5.41) is 2.69. The molecule has 1 amide bonds. The quantitative estimate of drug-likeness (QED) is 0.868. The summed E-state index contributed by atoms with van der Waals surface area (Å²) >= 11 is 0. The van der Waals surface area contributed by atoms with Crippen LogP contribution in [-0.4, -0.2) is 20.6 Å². The highest BCUT2D eigenvalue weighted by atomic mass is 32.2. The Morgan fingerprint density at radius 1 is 1.04 bits per heavy atom. The average molecular weight is 364 g/mol. The highest BCUT2D eigenvalue weighted by Gasteiger charge is 2.15. The molecule has 2 aromatic carbocycles. The monoisotopic (exact) mass is 364 g/mol. The number of rotatable bonds is 4. The average Bonchev–Trinajstić information content (AvgIpc) is 2.47. The van der Waals surface area contributed by atoms with E-state index in [1.54, 1.807) is 12.1 Å². The van der Waals surface area contributed by atoms with E-state index in [4.69, 9.17) is 0 Å². The SMILES string of the molecule is CC(C)(C)c1ccc(NC(=O)c2ccc(NS(C)(=O)=O)c(F)c2)cc1. The summed E-state index contributed by atoms with van der Waals surface area (Å²) in [4.78, 5) is 12.2. The zero-order chi connectivity index (χ0) is 18.8. The van der Waals surface area contributed by atoms with Gasteiger partial charge in [-0.05, 0) is 41.3 Å². The van der Waals surface area contributed by atoms with E-state index < -0.39 is 21.7 Å². The molecule has 0 heterocycles. The molecule has 2 rings (SSSR count). The lowest BCUT2D eigenvalue weighted by Gasteiger charge is -2.19. The Morgan fingerprint density at radius 3 is 2.12 bits per heavy atom. The fourth-order valence-corrected chi connectivity index (χ4v) is 2.76. The van der Waals surface area contributed by atoms with Crippen LogP contribution in [0.25, 0.3) is 0 Å². The third-order valence-corrected chi connectivity index (χ3v) is 4.13. The summed E-state index contributed by atoms with van der Waals surface area (Å²) in [6, 6.07) is 11.0. The molecule has 0 atom stereocenters. The van der Waals surface area contributed by atoms with Crippen molar-refractivity contribution in [3.63, 3.8) is 0 Å². The van der Waals surface area contributed by atoms with Gasteiger partial charge in [-0.25, -0.2) is 12.8 Å². The second kappa shape index (κ2) is 6.84. The van der Waals surface area contributed by atoms with Crippen molar-refractivity contribution in [1.82, 2.24) is 0 Å². The van der Waals surface area contributed by atoms with E-state index in [9.17, 15) is 17.6 Å². The minimum atomic E-state index is -3.59. The Balaban J connectivity index is 2.14. The van der Waals surface area contributed by atoms with Crippen LogP contribution in [0.2, 0.25) is 0 Å². The third kappa shape index (κ3) is 5.29. The molecular formula is C18H21FN2O3S. The summed E-state index contributed by atoms with van der Waals surface area (Å²) in [6.45, 7) is 6.28. The Kier molecular flexibility index (Phi) is 5.17. The maximum atomic E-state index is 14.0. The molecule has 0 saturated heterocycles. The third-order valence-electron chi connectivity index (χ3n) is 3.54. The van der Waals surface area contributed by atoms with Crippen molar-refractivity contribution in [2.75, 3.05) is 16.3 Å². The van der Waals surface area contributed by atoms with Crippen LogP contribution in [0.15, 0.2) is 42.5 Å². The van der Waals surface area contributed by atoms with Gasteiger partial charge in [0.2, 0.25) is 10.0 Å². The zero-order valence-corrected chi connectivity index (χ0v) is 15.4. The standard InChI is InChI=1S/C18H21FN2O3S/c1-18(2,3)13-6-8-14(9-7-13)20-17(22)12-5-10-16(15(19)11-12)21-25(4,23)24/h5-11,21H,1-4H3,(H,20,22). The maximum absolute atomic E-state index is 14.0. The van der Waals surface area contributed by atoms with Gasteiger partial charge in [0, 0.05) is 11.3 Å². The lowest BCUT2D eigenvalue weighted by molar-refractivity contribution is 0.102. The number of amides is 1. The predicted octanol–water partition coefficient (Wildman–Crippen LogP) is 3.75. The van der Waals surface area contributed by atoms with Gasteiger partial charge in [-0.1, -0.05) is 32.9 Å². The summed E-state index contributed by atoms with van der Waals surface area (Å²) < 4.78 is 38.3. The van der Waals surface area contributed by atoms with Gasteiger partial charge in [-0.15, -0.1) is 0 Å². The van der Waals surface area contributed by atoms with E-state index in [-0.39, 0.29) is 16.7 Å². The van der Waals surface area contributed by atoms with Crippen molar-refractivity contribution in [3.05, 3.63) is 59.4 Å². The Bertz CT molecular complexity index is 886. The van der Waals surface area contributed by atoms with Crippen molar-refractivity contribution >= 4 is 27.3 Å². The van der Waals surface area contributed by atoms with Crippen LogP contribution in [0, 0.1) is 5.82 Å². The Hall–Kier alpha value is -2.41. The molecule has 0 aliphatic heterocycles. The van der Waals surface area contributed by atoms with Crippen LogP contribution >= 0.6 is 0 Å². The van der Waals surface area contributed by atoms with Crippen LogP contribution in [-0.2, 0) is 15.4 Å². The van der Waals surface area contributed by atoms with Gasteiger partial charge in [-0.3, -0.25) is 9.52 Å². The summed E-state index contributed by atoms with van der Waals surface area (Å²) in [6.07, 6.45) is 0.925. The second-order valence-electron chi connectivity index (χ2n) is 6.85. The van der Waals surface area contributed by atoms with Gasteiger partial charge in [-0.2, -0.15) is 0 Å². The second-order valence-corrected chi connectivity index (χ2v) is 8.60. The molecule has 5 nitrogen and oxygen atoms in total. The molecule has 134 valence electrons. The van der Waals surface area contributed by atoms with Gasteiger partial charge in [0.1, 0.15) is 5.82 Å². The molecule has 25 heavy (non-hydrogen) atoms. The summed E-state index contributed by atoms with van der Waals surface area (Å²) in [7, 11) is -3.59. The number of hydrogen-bond acceptors (Lipinski definition) is 3. The molecule has 7 heteroatoms. The molecule has 0 bridgehead atoms. The minimum absolute atomic E-state index is 0.00805. The number of sulfonamides is 1. The van der Waals surface area contributed by atoms with E-state index in [2.05, 4.69) is 30.8 Å². The fourth-order valence-electron chi connectivity index (χ4n) is 2.20. The first-order chi connectivity index (χ1) is 11.5. The number of anilines is 2. The number of benzene rings is 2. The number of nitrogens with one attached hydrogen (secondary N) is 2. The number of carbonyl (C=O) groups excluding carboxylic acids is 1. The van der Waals surface area contributed by atoms with Crippen molar-refractivity contribution in [1.29, 1.82) is 0 Å². The lowest BCUT2D eigenvalue weighted by Crippen LogP contribution is -2.15. The molecule has 0 radical (unpaired) electrons. The number of carbonyl (C=O) groups is 1. The zero-order valence-electron chi connectivity index (χ0n) is 14.6. The molecule has 0 unspecified atom stereocenters. The van der Waals surface area contributed by atoms with Crippen molar-refractivity contribution in [2.45, 2.75) is 26.2 Å². The Morgan fingerprint density at radius 2 is 1.64 bits per heavy atom. The van der Waals surface area contributed by atoms with Gasteiger partial charge < -0.3 is 5.32 Å². The van der Waals surface area contributed by atoms with Crippen LogP contribution < -0.4 is 10.0 Å². The van der Waals surface area contributed by atoms with Crippen molar-refractivity contribution in [2.24, 2.45) is 0 Å². The highest BCUT2D eigenvalue weighted by Crippen LogP contribution is 2.24. The molecule has 0 aromatic heterocycles. The first-order valence-corrected chi connectivity index (χ1v) is 9.54. The first kappa shape index (κ1) is 18.9. The van der Waals surface area contributed by atoms with Gasteiger partial charge in [0.05, 0.1) is 11.9 Å². The largest absolute Gasteiger partial charge is 0.322 e. The highest BCUT2D eigenvalue weighted by molar-refractivity contribution is 7.92. The summed E-state index contributed by atoms with van der Waals surface area (Å²) in [5.41, 5.74) is 1.63. The normalized spacial score (nSPS) is 11.9. The molecule has 0 aliphatic carbocycles. The smallest absolute Gasteiger partial charge is 0.255 e. The van der Waals surface area contributed by atoms with E-state index in [1.807, 2.05) is 12.1 Å². The van der Waals surface area contributed by atoms with Crippen molar-refractivity contribution in [3.8, 4) is 0 Å². The van der Waals surface area contributed by atoms with E-state index in [0.717, 1.165) is 17.9 Å². The van der Waals surface area contributed by atoms with E-state index in [0.29, 0.717) is 5.69 Å². The predicted molar refractivity (Wildman–Crippen MR) is 98.0 cm³/mol. The first-order valence-electron chi connectivity index (χ1n) is 7.65. The molecule has 2 N–H and O–H groups in total. The number of halogens is 1. The van der Waals surface area contributed by atoms with Crippen LogP contribution in [0.4, 0.5) is 15.8 Å². The topological polar surface area (TPSA) is 75.3 Å². The summed E-state index contributed by atoms with van der Waals surface area (Å²) in [5.74, 6) is -1.30. The Labute approximate surface area is 147 Å². The maximum Gasteiger partial charge on any atom is 0.255 e. The van der Waals surface area contributed by atoms with Crippen LogP contribution in [0.3, 0.4) is 0 Å². The fraction of sp³-hybridized carbons (Fsp3) is 0.278. The van der Waals surface area contributed by atoms with Gasteiger partial charge in [0.25, 0.3) is 5.91 Å². The van der Waals surface area contributed by atoms with E-state index in [1.165, 1.54) is 12.1 Å². The molecule has 0 aliphatic rings. The lowest BCUT2D eigenvalue weighted by atomic mass is 9.87. The van der Waals surface area contributed by atoms with Crippen molar-refractivity contribution < 1.29 is 17.6 Å². The van der Waals surface area contributed by atoms with Gasteiger partial charge >= 0.3 is 0 Å². The molecule has 0 spiro atoms. The molecule has 0 saturated carbocycles.